The van der Waals surface area contributed by atoms with E-state index in [1.165, 1.54) is 4.52 Å². The van der Waals surface area contributed by atoms with Gasteiger partial charge in [-0.25, -0.2) is 9.89 Å². The number of rotatable bonds is 3. The average Bonchev–Trinajstić information content (AvgIpc) is 2.80. The van der Waals surface area contributed by atoms with E-state index in [9.17, 15) is 4.79 Å². The van der Waals surface area contributed by atoms with Crippen molar-refractivity contribution in [3.63, 3.8) is 0 Å². The maximum absolute atomic E-state index is 11.4. The highest BCUT2D eigenvalue weighted by atomic mass is 16.2. The molecule has 3 aromatic heterocycles. The molecule has 0 aromatic carbocycles. The largest absolute Gasteiger partial charge is 0.364 e. The SMILES string of the molecule is Cc1cnc(CNc2ccc3n[nH]c(=O)n3n2)cn1. The molecule has 0 unspecified atom stereocenters. The van der Waals surface area contributed by atoms with Crippen LogP contribution in [-0.2, 0) is 6.54 Å². The number of nitrogens with zero attached hydrogens (tertiary/aromatic N) is 5. The molecular formula is C11H11N7O. The van der Waals surface area contributed by atoms with Gasteiger partial charge in [0.25, 0.3) is 0 Å². The zero-order chi connectivity index (χ0) is 13.2. The maximum Gasteiger partial charge on any atom is 0.364 e. The van der Waals surface area contributed by atoms with E-state index in [4.69, 9.17) is 0 Å². The van der Waals surface area contributed by atoms with Crippen molar-refractivity contribution in [1.82, 2.24) is 29.8 Å². The zero-order valence-electron chi connectivity index (χ0n) is 10.2. The molecular weight excluding hydrogens is 246 g/mol. The summed E-state index contributed by atoms with van der Waals surface area (Å²) in [5.41, 5.74) is 1.78. The molecule has 0 aliphatic carbocycles. The Morgan fingerprint density at radius 1 is 1.32 bits per heavy atom. The number of nitrogens with one attached hydrogen (secondary N) is 2. The van der Waals surface area contributed by atoms with Crippen LogP contribution in [0.1, 0.15) is 11.4 Å². The second-order valence-corrected chi connectivity index (χ2v) is 4.02. The van der Waals surface area contributed by atoms with E-state index in [0.717, 1.165) is 11.4 Å². The number of aromatic amines is 1. The van der Waals surface area contributed by atoms with Gasteiger partial charge in [0.05, 0.1) is 24.1 Å². The van der Waals surface area contributed by atoms with Gasteiger partial charge in [-0.15, -0.1) is 5.10 Å². The van der Waals surface area contributed by atoms with Crippen LogP contribution < -0.4 is 11.0 Å². The summed E-state index contributed by atoms with van der Waals surface area (Å²) < 4.78 is 1.20. The predicted molar refractivity (Wildman–Crippen MR) is 67.7 cm³/mol. The van der Waals surface area contributed by atoms with E-state index in [2.05, 4.69) is 30.6 Å². The Balaban J connectivity index is 1.79. The van der Waals surface area contributed by atoms with Crippen molar-refractivity contribution < 1.29 is 0 Å². The summed E-state index contributed by atoms with van der Waals surface area (Å²) >= 11 is 0. The number of aromatic nitrogens is 6. The Morgan fingerprint density at radius 3 is 3.00 bits per heavy atom. The molecule has 96 valence electrons. The lowest BCUT2D eigenvalue weighted by atomic mass is 10.4. The van der Waals surface area contributed by atoms with Gasteiger partial charge in [0.1, 0.15) is 5.82 Å². The third kappa shape index (κ3) is 2.28. The molecule has 0 fully saturated rings. The Labute approximate surface area is 107 Å². The summed E-state index contributed by atoms with van der Waals surface area (Å²) in [5.74, 6) is 0.568. The van der Waals surface area contributed by atoms with E-state index >= 15 is 0 Å². The fourth-order valence-corrected chi connectivity index (χ4v) is 1.59. The van der Waals surface area contributed by atoms with E-state index in [1.807, 2.05) is 6.92 Å². The molecule has 19 heavy (non-hydrogen) atoms. The second kappa shape index (κ2) is 4.48. The predicted octanol–water partition coefficient (Wildman–Crippen LogP) is 0.128. The molecule has 0 saturated heterocycles. The van der Waals surface area contributed by atoms with Crippen molar-refractivity contribution >= 4 is 11.5 Å². The third-order valence-corrected chi connectivity index (χ3v) is 2.56. The minimum absolute atomic E-state index is 0.367. The van der Waals surface area contributed by atoms with Crippen molar-refractivity contribution in [3.05, 3.63) is 46.4 Å². The molecule has 0 atom stereocenters. The first-order chi connectivity index (χ1) is 9.22. The smallest absolute Gasteiger partial charge is 0.363 e. The fraction of sp³-hybridized carbons (Fsp3) is 0.182. The summed E-state index contributed by atoms with van der Waals surface area (Å²) in [6.07, 6.45) is 3.40. The molecule has 8 heteroatoms. The molecule has 0 aliphatic heterocycles. The minimum Gasteiger partial charge on any atom is -0.363 e. The molecule has 3 rings (SSSR count). The molecule has 8 nitrogen and oxygen atoms in total. The van der Waals surface area contributed by atoms with E-state index < -0.39 is 0 Å². The van der Waals surface area contributed by atoms with Gasteiger partial charge in [-0.05, 0) is 19.1 Å². The first-order valence-electron chi connectivity index (χ1n) is 5.68. The Bertz CT molecular complexity index is 759. The molecule has 0 spiro atoms. The lowest BCUT2D eigenvalue weighted by molar-refractivity contribution is 0.870. The van der Waals surface area contributed by atoms with Crippen LogP contribution in [0.5, 0.6) is 0 Å². The van der Waals surface area contributed by atoms with Crippen LogP contribution in [0.2, 0.25) is 0 Å². The second-order valence-electron chi connectivity index (χ2n) is 4.02. The van der Waals surface area contributed by atoms with Crippen LogP contribution in [0, 0.1) is 6.92 Å². The highest BCUT2D eigenvalue weighted by molar-refractivity contribution is 5.43. The molecule has 0 radical (unpaired) electrons. The number of H-pyrrole nitrogens is 1. The van der Waals surface area contributed by atoms with Crippen molar-refractivity contribution in [3.8, 4) is 0 Å². The van der Waals surface area contributed by atoms with Crippen LogP contribution in [0.3, 0.4) is 0 Å². The normalized spacial score (nSPS) is 10.8. The maximum atomic E-state index is 11.4. The van der Waals surface area contributed by atoms with Crippen LogP contribution in [0.4, 0.5) is 5.82 Å². The van der Waals surface area contributed by atoms with Gasteiger partial charge in [0, 0.05) is 6.20 Å². The highest BCUT2D eigenvalue weighted by Gasteiger charge is 2.03. The minimum atomic E-state index is -0.367. The number of fused-ring (bicyclic) bond motifs is 1. The lowest BCUT2D eigenvalue weighted by Crippen LogP contribution is -2.14. The summed E-state index contributed by atoms with van der Waals surface area (Å²) in [7, 11) is 0. The molecule has 0 saturated carbocycles. The zero-order valence-corrected chi connectivity index (χ0v) is 10.2. The molecule has 3 heterocycles. The third-order valence-electron chi connectivity index (χ3n) is 2.56. The molecule has 2 N–H and O–H groups in total. The first kappa shape index (κ1) is 11.3. The van der Waals surface area contributed by atoms with Crippen molar-refractivity contribution in [2.75, 3.05) is 5.32 Å². The van der Waals surface area contributed by atoms with E-state index in [0.29, 0.717) is 18.0 Å². The van der Waals surface area contributed by atoms with Gasteiger partial charge in [0.2, 0.25) is 0 Å². The lowest BCUT2D eigenvalue weighted by Gasteiger charge is -2.04. The Kier molecular flexibility index (Phi) is 2.67. The standard InChI is InChI=1S/C11H11N7O/c1-7-4-13-8(5-12-7)6-14-9-2-3-10-15-16-11(19)18(10)17-9/h2-5H,6H2,1H3,(H,14,17)(H,16,19). The fourth-order valence-electron chi connectivity index (χ4n) is 1.59. The Hall–Kier alpha value is -2.77. The van der Waals surface area contributed by atoms with Gasteiger partial charge in [-0.1, -0.05) is 0 Å². The van der Waals surface area contributed by atoms with Crippen LogP contribution in [0.15, 0.2) is 29.3 Å². The van der Waals surface area contributed by atoms with Crippen molar-refractivity contribution in [2.24, 2.45) is 0 Å². The van der Waals surface area contributed by atoms with Gasteiger partial charge < -0.3 is 5.32 Å². The molecule has 0 bridgehead atoms. The first-order valence-corrected chi connectivity index (χ1v) is 5.68. The number of hydrogen-bond donors (Lipinski definition) is 2. The molecule has 0 aliphatic rings. The summed E-state index contributed by atoms with van der Waals surface area (Å²) in [6, 6.07) is 3.45. The van der Waals surface area contributed by atoms with Gasteiger partial charge in [-0.2, -0.15) is 9.61 Å². The van der Waals surface area contributed by atoms with Gasteiger partial charge in [0.15, 0.2) is 5.65 Å². The quantitative estimate of drug-likeness (QED) is 0.691. The van der Waals surface area contributed by atoms with Crippen LogP contribution >= 0.6 is 0 Å². The van der Waals surface area contributed by atoms with Crippen molar-refractivity contribution in [2.45, 2.75) is 13.5 Å². The van der Waals surface area contributed by atoms with Crippen LogP contribution in [0.25, 0.3) is 5.65 Å². The molecule has 3 aromatic rings. The number of aryl methyl sites for hydroxylation is 1. The summed E-state index contributed by atoms with van der Waals surface area (Å²) in [4.78, 5) is 19.8. The van der Waals surface area contributed by atoms with E-state index in [-0.39, 0.29) is 5.69 Å². The summed E-state index contributed by atoms with van der Waals surface area (Å²) in [5, 5.41) is 13.3. The van der Waals surface area contributed by atoms with Crippen LogP contribution in [-0.4, -0.2) is 29.8 Å². The number of hydrogen-bond acceptors (Lipinski definition) is 6. The summed E-state index contributed by atoms with van der Waals surface area (Å²) in [6.45, 7) is 2.36. The average molecular weight is 257 g/mol. The van der Waals surface area contributed by atoms with Crippen molar-refractivity contribution in [1.29, 1.82) is 0 Å². The Morgan fingerprint density at radius 2 is 2.21 bits per heavy atom. The monoisotopic (exact) mass is 257 g/mol. The van der Waals surface area contributed by atoms with Gasteiger partial charge in [-0.3, -0.25) is 9.97 Å². The molecule has 0 amide bonds. The topological polar surface area (TPSA) is 101 Å². The van der Waals surface area contributed by atoms with Gasteiger partial charge >= 0.3 is 5.69 Å². The highest BCUT2D eigenvalue weighted by Crippen LogP contribution is 2.04. The number of anilines is 1. The van der Waals surface area contributed by atoms with E-state index in [1.54, 1.807) is 24.5 Å².